The van der Waals surface area contributed by atoms with Crippen molar-refractivity contribution in [2.75, 3.05) is 19.8 Å². The zero-order chi connectivity index (χ0) is 21.3. The molecule has 0 heterocycles. The lowest BCUT2D eigenvalue weighted by molar-refractivity contribution is -0.147. The van der Waals surface area contributed by atoms with Gasteiger partial charge in [-0.05, 0) is 43.7 Å². The quantitative estimate of drug-likeness (QED) is 0.365. The van der Waals surface area contributed by atoms with Crippen LogP contribution in [0.5, 0.6) is 5.75 Å². The molecule has 0 saturated carbocycles. The van der Waals surface area contributed by atoms with Crippen LogP contribution in [0.25, 0.3) is 0 Å². The van der Waals surface area contributed by atoms with Gasteiger partial charge < -0.3 is 18.5 Å². The Balaban J connectivity index is 1.95. The zero-order valence-electron chi connectivity index (χ0n) is 16.2. The van der Waals surface area contributed by atoms with Gasteiger partial charge in [0.15, 0.2) is 6.61 Å². The SMILES string of the molecule is CCOP(=O)(OCC)C(F)(F)c1ccc(OCC(=O)OCc2ccccc2)cc1. The summed E-state index contributed by atoms with van der Waals surface area (Å²) in [4.78, 5) is 11.8. The number of alkyl halides is 2. The van der Waals surface area contributed by atoms with E-state index in [0.717, 1.165) is 17.7 Å². The highest BCUT2D eigenvalue weighted by molar-refractivity contribution is 7.54. The maximum Gasteiger partial charge on any atom is 0.404 e. The van der Waals surface area contributed by atoms with Crippen molar-refractivity contribution in [3.05, 3.63) is 65.7 Å². The average Bonchev–Trinajstić information content (AvgIpc) is 2.72. The van der Waals surface area contributed by atoms with Gasteiger partial charge in [0, 0.05) is 5.56 Å². The number of ether oxygens (including phenoxy) is 2. The first-order valence-corrected chi connectivity index (χ1v) is 10.6. The second kappa shape index (κ2) is 10.5. The van der Waals surface area contributed by atoms with Crippen LogP contribution in [0.4, 0.5) is 8.78 Å². The van der Waals surface area contributed by atoms with Gasteiger partial charge in [-0.2, -0.15) is 8.78 Å². The Kier molecular flexibility index (Phi) is 8.32. The van der Waals surface area contributed by atoms with E-state index in [2.05, 4.69) is 0 Å². The smallest absolute Gasteiger partial charge is 0.404 e. The maximum absolute atomic E-state index is 14.7. The Bertz CT molecular complexity index is 817. The molecule has 0 unspecified atom stereocenters. The molecule has 0 aromatic heterocycles. The molecule has 0 radical (unpaired) electrons. The van der Waals surface area contributed by atoms with Crippen LogP contribution >= 0.6 is 7.60 Å². The van der Waals surface area contributed by atoms with Gasteiger partial charge in [0.1, 0.15) is 12.4 Å². The fraction of sp³-hybridized carbons (Fsp3) is 0.350. The summed E-state index contributed by atoms with van der Waals surface area (Å²) in [6.07, 6.45) is 0. The van der Waals surface area contributed by atoms with E-state index in [1.165, 1.54) is 26.0 Å². The monoisotopic (exact) mass is 428 g/mol. The van der Waals surface area contributed by atoms with Gasteiger partial charge >= 0.3 is 19.2 Å². The van der Waals surface area contributed by atoms with Crippen molar-refractivity contribution in [1.82, 2.24) is 0 Å². The zero-order valence-corrected chi connectivity index (χ0v) is 17.1. The molecule has 2 aromatic rings. The summed E-state index contributed by atoms with van der Waals surface area (Å²) in [7, 11) is -4.68. The van der Waals surface area contributed by atoms with Gasteiger partial charge in [-0.3, -0.25) is 4.57 Å². The van der Waals surface area contributed by atoms with Crippen LogP contribution in [-0.2, 0) is 35.4 Å². The molecular formula is C20H23F2O6P. The summed E-state index contributed by atoms with van der Waals surface area (Å²) < 4.78 is 61.6. The third kappa shape index (κ3) is 6.10. The lowest BCUT2D eigenvalue weighted by Gasteiger charge is -2.26. The number of benzene rings is 2. The Morgan fingerprint density at radius 3 is 2.10 bits per heavy atom. The largest absolute Gasteiger partial charge is 0.482 e. The highest BCUT2D eigenvalue weighted by atomic mass is 31.2. The van der Waals surface area contributed by atoms with E-state index in [4.69, 9.17) is 18.5 Å². The molecule has 29 heavy (non-hydrogen) atoms. The second-order valence-electron chi connectivity index (χ2n) is 5.83. The van der Waals surface area contributed by atoms with Crippen molar-refractivity contribution in [2.24, 2.45) is 0 Å². The molecule has 0 atom stereocenters. The first-order valence-electron chi connectivity index (χ1n) is 9.02. The number of hydrogen-bond acceptors (Lipinski definition) is 6. The van der Waals surface area contributed by atoms with Crippen LogP contribution in [0, 0.1) is 0 Å². The Morgan fingerprint density at radius 2 is 1.55 bits per heavy atom. The molecule has 0 fully saturated rings. The third-order valence-electron chi connectivity index (χ3n) is 3.74. The topological polar surface area (TPSA) is 71.1 Å². The molecule has 0 saturated heterocycles. The van der Waals surface area contributed by atoms with Crippen LogP contribution in [0.1, 0.15) is 25.0 Å². The predicted octanol–water partition coefficient (Wildman–Crippen LogP) is 5.12. The third-order valence-corrected chi connectivity index (χ3v) is 5.89. The van der Waals surface area contributed by atoms with Crippen LogP contribution in [0.3, 0.4) is 0 Å². The molecule has 0 spiro atoms. The van der Waals surface area contributed by atoms with Gasteiger partial charge in [0.2, 0.25) is 0 Å². The van der Waals surface area contributed by atoms with E-state index in [0.29, 0.717) is 0 Å². The Labute approximate surface area is 168 Å². The summed E-state index contributed by atoms with van der Waals surface area (Å²) in [6.45, 7) is 2.28. The average molecular weight is 428 g/mol. The van der Waals surface area contributed by atoms with Crippen molar-refractivity contribution in [3.63, 3.8) is 0 Å². The Hall–Kier alpha value is -2.28. The molecule has 0 aliphatic rings. The normalized spacial score (nSPS) is 11.9. The number of esters is 1. The molecule has 2 aromatic carbocycles. The lowest BCUT2D eigenvalue weighted by Crippen LogP contribution is -2.18. The predicted molar refractivity (Wildman–Crippen MR) is 103 cm³/mol. The van der Waals surface area contributed by atoms with E-state index in [-0.39, 0.29) is 32.2 Å². The second-order valence-corrected chi connectivity index (χ2v) is 7.91. The standard InChI is InChI=1S/C20H23F2O6P/c1-3-27-29(24,28-4-2)20(21,22)17-10-12-18(13-11-17)25-15-19(23)26-14-16-8-6-5-7-9-16/h5-13H,3-4,14-15H2,1-2H3. The number of carbonyl (C=O) groups excluding carboxylic acids is 1. The summed E-state index contributed by atoms with van der Waals surface area (Å²) in [5, 5.41) is 0. The fourth-order valence-corrected chi connectivity index (χ4v) is 3.92. The van der Waals surface area contributed by atoms with Gasteiger partial charge in [-0.1, -0.05) is 30.3 Å². The van der Waals surface area contributed by atoms with E-state index in [1.54, 1.807) is 0 Å². The molecule has 2 rings (SSSR count). The molecule has 0 aliphatic carbocycles. The van der Waals surface area contributed by atoms with Gasteiger partial charge in [-0.15, -0.1) is 0 Å². The first-order chi connectivity index (χ1) is 13.8. The molecule has 9 heteroatoms. The van der Waals surface area contributed by atoms with E-state index in [1.807, 2.05) is 30.3 Å². The fourth-order valence-electron chi connectivity index (χ4n) is 2.37. The van der Waals surface area contributed by atoms with E-state index < -0.39 is 24.8 Å². The minimum absolute atomic E-state index is 0.109. The first kappa shape index (κ1) is 23.0. The minimum Gasteiger partial charge on any atom is -0.482 e. The minimum atomic E-state index is -4.68. The molecule has 158 valence electrons. The summed E-state index contributed by atoms with van der Waals surface area (Å²) in [5.74, 6) is -0.413. The van der Waals surface area contributed by atoms with Crippen LogP contribution in [0.2, 0.25) is 0 Å². The van der Waals surface area contributed by atoms with Crippen molar-refractivity contribution >= 4 is 13.6 Å². The molecule has 0 bridgehead atoms. The summed E-state index contributed by atoms with van der Waals surface area (Å²) in [6, 6.07) is 13.7. The van der Waals surface area contributed by atoms with Gasteiger partial charge in [0.05, 0.1) is 13.2 Å². The van der Waals surface area contributed by atoms with Crippen LogP contribution < -0.4 is 4.74 Å². The number of rotatable bonds is 11. The number of carbonyl (C=O) groups is 1. The van der Waals surface area contributed by atoms with Gasteiger partial charge in [-0.25, -0.2) is 4.79 Å². The van der Waals surface area contributed by atoms with Crippen molar-refractivity contribution in [3.8, 4) is 5.75 Å². The molecular weight excluding hydrogens is 405 g/mol. The maximum atomic E-state index is 14.7. The van der Waals surface area contributed by atoms with E-state index in [9.17, 15) is 18.1 Å². The highest BCUT2D eigenvalue weighted by Crippen LogP contribution is 2.66. The summed E-state index contributed by atoms with van der Waals surface area (Å²) in [5.41, 5.74) is -3.53. The molecule has 0 N–H and O–H groups in total. The van der Waals surface area contributed by atoms with Crippen molar-refractivity contribution in [1.29, 1.82) is 0 Å². The van der Waals surface area contributed by atoms with Crippen LogP contribution in [0.15, 0.2) is 54.6 Å². The number of halogens is 2. The lowest BCUT2D eigenvalue weighted by atomic mass is 10.2. The molecule has 6 nitrogen and oxygen atoms in total. The Morgan fingerprint density at radius 1 is 0.966 bits per heavy atom. The van der Waals surface area contributed by atoms with Crippen molar-refractivity contribution < 1.29 is 36.7 Å². The molecule has 0 amide bonds. The van der Waals surface area contributed by atoms with E-state index >= 15 is 0 Å². The number of hydrogen-bond donors (Lipinski definition) is 0. The van der Waals surface area contributed by atoms with Gasteiger partial charge in [0.25, 0.3) is 0 Å². The molecule has 0 aliphatic heterocycles. The highest BCUT2D eigenvalue weighted by Gasteiger charge is 2.54. The van der Waals surface area contributed by atoms with Crippen LogP contribution in [-0.4, -0.2) is 25.8 Å². The van der Waals surface area contributed by atoms with Crippen molar-refractivity contribution in [2.45, 2.75) is 26.1 Å². The summed E-state index contributed by atoms with van der Waals surface area (Å²) >= 11 is 0.